The molecule has 0 spiro atoms. The van der Waals surface area contributed by atoms with Crippen LogP contribution < -0.4 is 9.64 Å². The normalized spacial score (nSPS) is 17.0. The number of amides is 1. The van der Waals surface area contributed by atoms with E-state index in [2.05, 4.69) is 51.0 Å². The minimum absolute atomic E-state index is 0.287. The molecule has 9 nitrogen and oxygen atoms in total. The highest BCUT2D eigenvalue weighted by Crippen LogP contribution is 2.43. The van der Waals surface area contributed by atoms with Crippen molar-refractivity contribution in [2.75, 3.05) is 17.7 Å². The Hall–Kier alpha value is -4.62. The molecule has 1 fully saturated rings. The van der Waals surface area contributed by atoms with Crippen LogP contribution in [-0.4, -0.2) is 50.3 Å². The molecule has 1 saturated heterocycles. The molecule has 0 saturated carbocycles. The molecule has 0 bridgehead atoms. The van der Waals surface area contributed by atoms with Gasteiger partial charge in [-0.05, 0) is 53.9 Å². The van der Waals surface area contributed by atoms with Crippen LogP contribution in [0.5, 0.6) is 5.75 Å². The van der Waals surface area contributed by atoms with Gasteiger partial charge in [0.1, 0.15) is 12.1 Å². The summed E-state index contributed by atoms with van der Waals surface area (Å²) in [6.45, 7) is 4.54. The molecule has 13 heteroatoms. The highest BCUT2D eigenvalue weighted by Gasteiger charge is 2.34. The predicted molar refractivity (Wildman–Crippen MR) is 161 cm³/mol. The van der Waals surface area contributed by atoms with Gasteiger partial charge < -0.3 is 9.57 Å². The number of aliphatic imine (C=N–C) groups is 1. The number of fused-ring (bicyclic) bond motifs is 3. The smallest absolute Gasteiger partial charge is 0.406 e. The Labute approximate surface area is 255 Å². The van der Waals surface area contributed by atoms with Crippen LogP contribution in [-0.2, 0) is 11.4 Å². The monoisotopic (exact) mass is 620 g/mol. The molecule has 2 aliphatic rings. The Morgan fingerprint density at radius 1 is 1.11 bits per heavy atom. The van der Waals surface area contributed by atoms with Gasteiger partial charge in [-0.2, -0.15) is 0 Å². The van der Waals surface area contributed by atoms with Gasteiger partial charge in [-0.1, -0.05) is 61.2 Å². The van der Waals surface area contributed by atoms with E-state index in [1.54, 1.807) is 7.05 Å². The van der Waals surface area contributed by atoms with Crippen LogP contribution in [0.25, 0.3) is 17.1 Å². The fourth-order valence-electron chi connectivity index (χ4n) is 5.06. The second-order valence-corrected chi connectivity index (χ2v) is 11.4. The molecular weight excluding hydrogens is 593 g/mol. The Morgan fingerprint density at radius 3 is 2.59 bits per heavy atom. The lowest BCUT2D eigenvalue weighted by atomic mass is 9.93. The molecule has 1 atom stereocenters. The summed E-state index contributed by atoms with van der Waals surface area (Å²) in [6, 6.07) is 19.1. The van der Waals surface area contributed by atoms with Crippen molar-refractivity contribution in [1.82, 2.24) is 19.8 Å². The van der Waals surface area contributed by atoms with Gasteiger partial charge in [0.2, 0.25) is 0 Å². The maximum atomic E-state index is 12.8. The number of amidine groups is 1. The van der Waals surface area contributed by atoms with Gasteiger partial charge in [0.15, 0.2) is 11.0 Å². The third kappa shape index (κ3) is 6.48. The van der Waals surface area contributed by atoms with Crippen LogP contribution in [0, 0.1) is 6.92 Å². The summed E-state index contributed by atoms with van der Waals surface area (Å²) in [7, 11) is 1.66. The summed E-state index contributed by atoms with van der Waals surface area (Å²) in [4.78, 5) is 28.9. The summed E-state index contributed by atoms with van der Waals surface area (Å²) in [5, 5.41) is 6.44. The number of hydroxylamine groups is 2. The van der Waals surface area contributed by atoms with E-state index in [0.717, 1.165) is 33.8 Å². The second kappa shape index (κ2) is 11.8. The Kier molecular flexibility index (Phi) is 7.91. The largest absolute Gasteiger partial charge is 0.573 e. The number of hydrogen-bond donors (Lipinski definition) is 0. The fraction of sp³-hybridized carbons (Fsp3) is 0.226. The number of anilines is 1. The van der Waals surface area contributed by atoms with E-state index >= 15 is 0 Å². The van der Waals surface area contributed by atoms with E-state index in [-0.39, 0.29) is 11.7 Å². The summed E-state index contributed by atoms with van der Waals surface area (Å²) in [5.41, 5.74) is 6.65. The number of halogens is 3. The number of hydrogen-bond acceptors (Lipinski definition) is 7. The van der Waals surface area contributed by atoms with E-state index in [9.17, 15) is 18.0 Å². The van der Waals surface area contributed by atoms with Crippen LogP contribution in [0.1, 0.15) is 29.5 Å². The molecule has 0 aliphatic carbocycles. The third-order valence-corrected chi connectivity index (χ3v) is 8.02. The zero-order chi connectivity index (χ0) is 31.0. The number of aryl methyl sites for hydroxylation is 1. The lowest BCUT2D eigenvalue weighted by Gasteiger charge is -2.30. The van der Waals surface area contributed by atoms with E-state index < -0.39 is 12.5 Å². The highest BCUT2D eigenvalue weighted by atomic mass is 32.2. The minimum Gasteiger partial charge on any atom is -0.406 e. The molecule has 1 aromatic heterocycles. The number of thioether (sulfide) groups is 1. The molecule has 1 unspecified atom stereocenters. The molecule has 4 aromatic rings. The van der Waals surface area contributed by atoms with Gasteiger partial charge in [0, 0.05) is 30.0 Å². The molecule has 0 N–H and O–H groups in total. The van der Waals surface area contributed by atoms with E-state index in [1.165, 1.54) is 57.7 Å². The molecule has 3 aromatic carbocycles. The van der Waals surface area contributed by atoms with Gasteiger partial charge in [0.25, 0.3) is 0 Å². The topological polar surface area (TPSA) is 85.1 Å². The molecule has 1 amide bonds. The van der Waals surface area contributed by atoms with Gasteiger partial charge in [-0.15, -0.1) is 28.3 Å². The standard InChI is InChI=1S/C31H27F3N6O3S/c1-19-4-13-26-20(2)15-24-17-44-29(40(24)27(26)14-19)36-30(41)43-38(3)16-21-5-7-22(8-6-21)28-35-18-39(37-28)23-9-11-25(12-10-23)42-31(32,33)34/h4-15,18,20H,16-17H2,1-3H3/b36-29-. The highest BCUT2D eigenvalue weighted by molar-refractivity contribution is 8.14. The number of nitrogens with zero attached hydrogens (tertiary/aromatic N) is 6. The molecule has 0 radical (unpaired) electrons. The van der Waals surface area contributed by atoms with Crippen molar-refractivity contribution in [1.29, 1.82) is 0 Å². The summed E-state index contributed by atoms with van der Waals surface area (Å²) in [5.74, 6) is 1.15. The number of benzene rings is 3. The van der Waals surface area contributed by atoms with Crippen molar-refractivity contribution < 1.29 is 27.5 Å². The average molecular weight is 621 g/mol. The number of alkyl halides is 3. The van der Waals surface area contributed by atoms with Crippen LogP contribution >= 0.6 is 11.8 Å². The van der Waals surface area contributed by atoms with Crippen LogP contribution in [0.3, 0.4) is 0 Å². The van der Waals surface area contributed by atoms with E-state index in [1.807, 2.05) is 36.1 Å². The first-order valence-electron chi connectivity index (χ1n) is 13.7. The van der Waals surface area contributed by atoms with Crippen LogP contribution in [0.2, 0.25) is 0 Å². The fourth-order valence-corrected chi connectivity index (χ4v) is 6.05. The van der Waals surface area contributed by atoms with Crippen molar-refractivity contribution in [3.05, 3.63) is 102 Å². The van der Waals surface area contributed by atoms with Crippen molar-refractivity contribution in [2.45, 2.75) is 32.7 Å². The summed E-state index contributed by atoms with van der Waals surface area (Å²) < 4.78 is 42.6. The lowest BCUT2D eigenvalue weighted by molar-refractivity contribution is -0.274. The Bertz CT molecular complexity index is 1750. The molecule has 2 aliphatic heterocycles. The molecule has 3 heterocycles. The minimum atomic E-state index is -4.76. The number of carbonyl (C=O) groups excluding carboxylic acids is 1. The SMILES string of the molecule is Cc1ccc2c(c1)N1C(=CC2C)CS/C1=N\C(=O)ON(C)Cc1ccc(-c2ncn(-c3ccc(OC(F)(F)F)cc3)n2)cc1. The number of carbonyl (C=O) groups is 1. The van der Waals surface area contributed by atoms with Crippen LogP contribution in [0.15, 0.2) is 89.8 Å². The lowest BCUT2D eigenvalue weighted by Crippen LogP contribution is -2.28. The van der Waals surface area contributed by atoms with E-state index in [4.69, 9.17) is 4.84 Å². The second-order valence-electron chi connectivity index (χ2n) is 10.4. The zero-order valence-electron chi connectivity index (χ0n) is 23.9. The quantitative estimate of drug-likeness (QED) is 0.209. The Balaban J connectivity index is 1.07. The van der Waals surface area contributed by atoms with Crippen molar-refractivity contribution in [2.24, 2.45) is 4.99 Å². The maximum absolute atomic E-state index is 12.8. The first kappa shape index (κ1) is 29.5. The summed E-state index contributed by atoms with van der Waals surface area (Å²) >= 11 is 1.51. The van der Waals surface area contributed by atoms with Gasteiger partial charge in [-0.25, -0.2) is 14.5 Å². The molecular formula is C31H27F3N6O3S. The number of ether oxygens (including phenoxy) is 1. The van der Waals surface area contributed by atoms with Crippen molar-refractivity contribution >= 4 is 28.7 Å². The maximum Gasteiger partial charge on any atom is 0.573 e. The van der Waals surface area contributed by atoms with Crippen molar-refractivity contribution in [3.63, 3.8) is 0 Å². The number of rotatable bonds is 6. The molecule has 226 valence electrons. The molecule has 6 rings (SSSR count). The number of aromatic nitrogens is 3. The third-order valence-electron chi connectivity index (χ3n) is 7.05. The first-order chi connectivity index (χ1) is 21.0. The average Bonchev–Trinajstić information content (AvgIpc) is 3.61. The van der Waals surface area contributed by atoms with E-state index in [0.29, 0.717) is 23.2 Å². The zero-order valence-corrected chi connectivity index (χ0v) is 24.8. The van der Waals surface area contributed by atoms with Crippen molar-refractivity contribution in [3.8, 4) is 22.8 Å². The first-order valence-corrected chi connectivity index (χ1v) is 14.6. The van der Waals surface area contributed by atoms with Gasteiger partial charge in [-0.3, -0.25) is 4.90 Å². The summed E-state index contributed by atoms with van der Waals surface area (Å²) in [6.07, 6.45) is -1.77. The van der Waals surface area contributed by atoms with Crippen LogP contribution in [0.4, 0.5) is 23.7 Å². The Morgan fingerprint density at radius 2 is 1.86 bits per heavy atom. The van der Waals surface area contributed by atoms with Gasteiger partial charge >= 0.3 is 12.5 Å². The molecule has 44 heavy (non-hydrogen) atoms. The number of allylic oxidation sites excluding steroid dienone is 1. The predicted octanol–water partition coefficient (Wildman–Crippen LogP) is 7.24. The van der Waals surface area contributed by atoms with Gasteiger partial charge in [0.05, 0.1) is 17.9 Å².